The number of hydrogen-bond acceptors (Lipinski definition) is 5. The summed E-state index contributed by atoms with van der Waals surface area (Å²) in [6.45, 7) is 3.34. The summed E-state index contributed by atoms with van der Waals surface area (Å²) in [4.78, 5) is 19.3. The molecule has 0 bridgehead atoms. The SMILES string of the molecule is CC1C(=O)NCCN1c1nc2c(s1)C(O)CCC2. The van der Waals surface area contributed by atoms with Gasteiger partial charge in [0, 0.05) is 13.1 Å². The van der Waals surface area contributed by atoms with Crippen LogP contribution in [0.4, 0.5) is 5.13 Å². The van der Waals surface area contributed by atoms with E-state index >= 15 is 0 Å². The molecule has 2 N–H and O–H groups in total. The third-order valence-electron chi connectivity index (χ3n) is 3.65. The first kappa shape index (κ1) is 11.9. The molecule has 1 aromatic rings. The van der Waals surface area contributed by atoms with Gasteiger partial charge in [0.2, 0.25) is 5.91 Å². The van der Waals surface area contributed by atoms with Crippen molar-refractivity contribution >= 4 is 22.4 Å². The minimum atomic E-state index is -0.367. The molecule has 1 fully saturated rings. The highest BCUT2D eigenvalue weighted by atomic mass is 32.1. The van der Waals surface area contributed by atoms with Gasteiger partial charge in [-0.3, -0.25) is 4.79 Å². The van der Waals surface area contributed by atoms with Gasteiger partial charge >= 0.3 is 0 Å². The van der Waals surface area contributed by atoms with Gasteiger partial charge in [-0.2, -0.15) is 0 Å². The summed E-state index contributed by atoms with van der Waals surface area (Å²) >= 11 is 1.54. The van der Waals surface area contributed by atoms with Gasteiger partial charge in [-0.25, -0.2) is 4.98 Å². The minimum absolute atomic E-state index is 0.0509. The summed E-state index contributed by atoms with van der Waals surface area (Å²) < 4.78 is 0. The van der Waals surface area contributed by atoms with Gasteiger partial charge in [0.05, 0.1) is 16.7 Å². The second-order valence-corrected chi connectivity index (χ2v) is 5.88. The van der Waals surface area contributed by atoms with E-state index in [-0.39, 0.29) is 18.1 Å². The molecule has 0 saturated carbocycles. The van der Waals surface area contributed by atoms with Crippen molar-refractivity contribution in [2.75, 3.05) is 18.0 Å². The maximum Gasteiger partial charge on any atom is 0.242 e. The van der Waals surface area contributed by atoms with Crippen molar-refractivity contribution in [3.8, 4) is 0 Å². The number of thiazole rings is 1. The van der Waals surface area contributed by atoms with Crippen molar-refractivity contribution in [3.05, 3.63) is 10.6 Å². The molecule has 5 nitrogen and oxygen atoms in total. The summed E-state index contributed by atoms with van der Waals surface area (Å²) in [5.74, 6) is 0.0509. The van der Waals surface area contributed by atoms with E-state index in [4.69, 9.17) is 0 Å². The molecule has 2 unspecified atom stereocenters. The molecule has 3 rings (SSSR count). The Morgan fingerprint density at radius 1 is 1.56 bits per heavy atom. The van der Waals surface area contributed by atoms with Gasteiger partial charge in [-0.1, -0.05) is 11.3 Å². The Kier molecular flexibility index (Phi) is 2.99. The van der Waals surface area contributed by atoms with Gasteiger partial charge in [-0.05, 0) is 26.2 Å². The third kappa shape index (κ3) is 1.89. The van der Waals surface area contributed by atoms with Gasteiger partial charge in [0.1, 0.15) is 6.04 Å². The number of nitrogens with zero attached hydrogens (tertiary/aromatic N) is 2. The second kappa shape index (κ2) is 4.51. The van der Waals surface area contributed by atoms with Crippen molar-refractivity contribution in [2.24, 2.45) is 0 Å². The van der Waals surface area contributed by atoms with Crippen LogP contribution >= 0.6 is 11.3 Å². The molecule has 2 heterocycles. The molecule has 1 saturated heterocycles. The van der Waals surface area contributed by atoms with E-state index in [0.717, 1.165) is 41.5 Å². The van der Waals surface area contributed by atoms with E-state index in [1.807, 2.05) is 11.8 Å². The first-order valence-electron chi connectivity index (χ1n) is 6.39. The quantitative estimate of drug-likeness (QED) is 0.791. The van der Waals surface area contributed by atoms with E-state index in [2.05, 4.69) is 10.3 Å². The molecule has 0 aromatic carbocycles. The Morgan fingerprint density at radius 2 is 2.39 bits per heavy atom. The molecule has 2 atom stereocenters. The fourth-order valence-electron chi connectivity index (χ4n) is 2.55. The van der Waals surface area contributed by atoms with Crippen LogP contribution in [0.25, 0.3) is 0 Å². The number of carbonyl (C=O) groups excluding carboxylic acids is 1. The van der Waals surface area contributed by atoms with Crippen molar-refractivity contribution in [3.63, 3.8) is 0 Å². The predicted octanol–water partition coefficient (Wildman–Crippen LogP) is 0.838. The molecular formula is C12H17N3O2S. The van der Waals surface area contributed by atoms with Crippen molar-refractivity contribution in [2.45, 2.75) is 38.3 Å². The van der Waals surface area contributed by atoms with Crippen molar-refractivity contribution < 1.29 is 9.90 Å². The molecule has 1 aliphatic carbocycles. The summed E-state index contributed by atoms with van der Waals surface area (Å²) in [6.07, 6.45) is 2.39. The lowest BCUT2D eigenvalue weighted by atomic mass is 10.0. The normalized spacial score (nSPS) is 27.9. The number of nitrogens with one attached hydrogen (secondary N) is 1. The van der Waals surface area contributed by atoms with Gasteiger partial charge in [0.25, 0.3) is 0 Å². The van der Waals surface area contributed by atoms with E-state index < -0.39 is 0 Å². The third-order valence-corrected chi connectivity index (χ3v) is 4.89. The first-order valence-corrected chi connectivity index (χ1v) is 7.20. The predicted molar refractivity (Wildman–Crippen MR) is 69.8 cm³/mol. The lowest BCUT2D eigenvalue weighted by Crippen LogP contribution is -2.54. The van der Waals surface area contributed by atoms with Crippen LogP contribution in [0.15, 0.2) is 0 Å². The molecule has 18 heavy (non-hydrogen) atoms. The highest BCUT2D eigenvalue weighted by Crippen LogP contribution is 2.38. The number of carbonyl (C=O) groups is 1. The first-order chi connectivity index (χ1) is 8.66. The molecule has 98 valence electrons. The average molecular weight is 267 g/mol. The fraction of sp³-hybridized carbons (Fsp3) is 0.667. The molecule has 2 aliphatic rings. The van der Waals surface area contributed by atoms with Crippen LogP contribution in [-0.2, 0) is 11.2 Å². The summed E-state index contributed by atoms with van der Waals surface area (Å²) in [7, 11) is 0. The number of rotatable bonds is 1. The Labute approximate surface area is 110 Å². The molecular weight excluding hydrogens is 250 g/mol. The zero-order valence-electron chi connectivity index (χ0n) is 10.3. The number of aromatic nitrogens is 1. The average Bonchev–Trinajstić information content (AvgIpc) is 2.78. The monoisotopic (exact) mass is 267 g/mol. The molecule has 1 amide bonds. The number of amides is 1. The van der Waals surface area contributed by atoms with Crippen LogP contribution in [0.3, 0.4) is 0 Å². The molecule has 6 heteroatoms. The molecule has 0 radical (unpaired) electrons. The zero-order valence-corrected chi connectivity index (χ0v) is 11.2. The number of aliphatic hydroxyl groups excluding tert-OH is 1. The summed E-state index contributed by atoms with van der Waals surface area (Å²) in [6, 6.07) is -0.177. The van der Waals surface area contributed by atoms with Gasteiger partial charge in [-0.15, -0.1) is 0 Å². The van der Waals surface area contributed by atoms with Gasteiger partial charge in [0.15, 0.2) is 5.13 Å². The number of piperazine rings is 1. The summed E-state index contributed by atoms with van der Waals surface area (Å²) in [5, 5.41) is 13.7. The zero-order chi connectivity index (χ0) is 12.7. The lowest BCUT2D eigenvalue weighted by Gasteiger charge is -2.32. The smallest absolute Gasteiger partial charge is 0.242 e. The van der Waals surface area contributed by atoms with E-state index in [0.29, 0.717) is 6.54 Å². The minimum Gasteiger partial charge on any atom is -0.388 e. The number of hydrogen-bond donors (Lipinski definition) is 2. The Balaban J connectivity index is 1.90. The topological polar surface area (TPSA) is 65.5 Å². The number of anilines is 1. The molecule has 1 aromatic heterocycles. The highest BCUT2D eigenvalue weighted by Gasteiger charge is 2.30. The fourth-order valence-corrected chi connectivity index (χ4v) is 3.79. The maximum absolute atomic E-state index is 11.7. The summed E-state index contributed by atoms with van der Waals surface area (Å²) in [5.41, 5.74) is 1.02. The van der Waals surface area contributed by atoms with Crippen LogP contribution in [0.5, 0.6) is 0 Å². The van der Waals surface area contributed by atoms with Crippen LogP contribution < -0.4 is 10.2 Å². The molecule has 1 aliphatic heterocycles. The Hall–Kier alpha value is -1.14. The van der Waals surface area contributed by atoms with Crippen molar-refractivity contribution in [1.82, 2.24) is 10.3 Å². The van der Waals surface area contributed by atoms with Crippen LogP contribution in [0.2, 0.25) is 0 Å². The maximum atomic E-state index is 11.7. The largest absolute Gasteiger partial charge is 0.388 e. The highest BCUT2D eigenvalue weighted by molar-refractivity contribution is 7.15. The number of aliphatic hydroxyl groups is 1. The van der Waals surface area contributed by atoms with E-state index in [1.165, 1.54) is 0 Å². The van der Waals surface area contributed by atoms with E-state index in [1.54, 1.807) is 11.3 Å². The standard InChI is InChI=1S/C12H17N3O2S/c1-7-11(17)13-5-6-15(7)12-14-8-3-2-4-9(16)10(8)18-12/h7,9,16H,2-6H2,1H3,(H,13,17). The van der Waals surface area contributed by atoms with Crippen LogP contribution in [-0.4, -0.2) is 35.1 Å². The second-order valence-electron chi connectivity index (χ2n) is 4.88. The van der Waals surface area contributed by atoms with Crippen molar-refractivity contribution in [1.29, 1.82) is 0 Å². The number of aryl methyl sites for hydroxylation is 1. The Morgan fingerprint density at radius 3 is 3.17 bits per heavy atom. The number of fused-ring (bicyclic) bond motifs is 1. The van der Waals surface area contributed by atoms with Gasteiger partial charge < -0.3 is 15.3 Å². The van der Waals surface area contributed by atoms with E-state index in [9.17, 15) is 9.90 Å². The van der Waals surface area contributed by atoms with Crippen LogP contribution in [0, 0.1) is 0 Å². The van der Waals surface area contributed by atoms with Crippen LogP contribution in [0.1, 0.15) is 36.4 Å². The lowest BCUT2D eigenvalue weighted by molar-refractivity contribution is -0.122. The Bertz CT molecular complexity index is 474. The molecule has 0 spiro atoms.